The summed E-state index contributed by atoms with van der Waals surface area (Å²) in [6, 6.07) is 0. The number of allylic oxidation sites excluding steroid dienone is 8. The second kappa shape index (κ2) is 10.1. The van der Waals surface area contributed by atoms with Crippen LogP contribution in [0.3, 0.4) is 0 Å². The van der Waals surface area contributed by atoms with Crippen LogP contribution in [-0.2, 0) is 0 Å². The minimum Gasteiger partial charge on any atom is -0.332 e. The zero-order valence-electron chi connectivity index (χ0n) is 25.1. The Kier molecular flexibility index (Phi) is 7.97. The molecule has 4 heteroatoms. The average Bonchev–Trinajstić information content (AvgIpc) is 3.28. The first-order valence-corrected chi connectivity index (χ1v) is 21.0. The van der Waals surface area contributed by atoms with E-state index >= 15 is 0 Å². The Labute approximate surface area is 225 Å². The third-order valence-corrected chi connectivity index (χ3v) is 17.5. The van der Waals surface area contributed by atoms with Crippen LogP contribution in [0.5, 0.6) is 0 Å². The van der Waals surface area contributed by atoms with Gasteiger partial charge in [0.1, 0.15) is 16.5 Å². The molecule has 0 bridgehead atoms. The van der Waals surface area contributed by atoms with Gasteiger partial charge in [-0.1, -0.05) is 74.8 Å². The van der Waals surface area contributed by atoms with Crippen LogP contribution >= 0.6 is 0 Å². The van der Waals surface area contributed by atoms with Gasteiger partial charge in [-0.15, -0.1) is 0 Å². The molecule has 36 heavy (non-hydrogen) atoms. The van der Waals surface area contributed by atoms with Crippen LogP contribution < -0.4 is 9.96 Å². The van der Waals surface area contributed by atoms with Crippen molar-refractivity contribution in [2.45, 2.75) is 116 Å². The van der Waals surface area contributed by atoms with E-state index in [1.165, 1.54) is 25.7 Å². The SMILES string of the molecule is CC(C)(C)N[Si](C)(C)C1CC(CCC2CC([Si](C)(C)NC(C)(C)C)C3C=CC=CC23)C2C=CC=CC21. The van der Waals surface area contributed by atoms with Gasteiger partial charge in [0.15, 0.2) is 0 Å². The van der Waals surface area contributed by atoms with Crippen molar-refractivity contribution >= 4 is 16.5 Å². The van der Waals surface area contributed by atoms with Crippen molar-refractivity contribution in [1.29, 1.82) is 0 Å². The second-order valence-corrected chi connectivity index (χ2v) is 24.7. The number of fused-ring (bicyclic) bond motifs is 2. The third kappa shape index (κ3) is 6.30. The van der Waals surface area contributed by atoms with Crippen LogP contribution in [0, 0.1) is 35.5 Å². The van der Waals surface area contributed by atoms with E-state index in [0.717, 1.165) is 46.6 Å². The van der Waals surface area contributed by atoms with Crippen molar-refractivity contribution in [3.05, 3.63) is 48.6 Å². The predicted octanol–water partition coefficient (Wildman–Crippen LogP) is 8.45. The molecule has 2 N–H and O–H groups in total. The van der Waals surface area contributed by atoms with E-state index < -0.39 is 16.5 Å². The molecule has 0 amide bonds. The quantitative estimate of drug-likeness (QED) is 0.326. The highest BCUT2D eigenvalue weighted by molar-refractivity contribution is 6.77. The molecule has 202 valence electrons. The van der Waals surface area contributed by atoms with Crippen LogP contribution in [-0.4, -0.2) is 27.5 Å². The number of hydrogen-bond acceptors (Lipinski definition) is 2. The molecule has 4 aliphatic rings. The molecule has 8 atom stereocenters. The van der Waals surface area contributed by atoms with Crippen molar-refractivity contribution in [2.75, 3.05) is 0 Å². The highest BCUT2D eigenvalue weighted by Gasteiger charge is 2.51. The van der Waals surface area contributed by atoms with Gasteiger partial charge in [-0.3, -0.25) is 0 Å². The van der Waals surface area contributed by atoms with Crippen molar-refractivity contribution in [2.24, 2.45) is 35.5 Å². The predicted molar refractivity (Wildman–Crippen MR) is 164 cm³/mol. The maximum Gasteiger partial charge on any atom is 0.123 e. The molecule has 2 fully saturated rings. The van der Waals surface area contributed by atoms with E-state index in [1.807, 2.05) is 0 Å². The van der Waals surface area contributed by atoms with E-state index in [0.29, 0.717) is 0 Å². The van der Waals surface area contributed by atoms with Crippen LogP contribution in [0.15, 0.2) is 48.6 Å². The summed E-state index contributed by atoms with van der Waals surface area (Å²) < 4.78 is 0. The first-order valence-electron chi connectivity index (χ1n) is 14.9. The van der Waals surface area contributed by atoms with Crippen LogP contribution in [0.4, 0.5) is 0 Å². The summed E-state index contributed by atoms with van der Waals surface area (Å²) in [6.07, 6.45) is 25.3. The van der Waals surface area contributed by atoms with Gasteiger partial charge in [0.2, 0.25) is 0 Å². The van der Waals surface area contributed by atoms with Gasteiger partial charge in [-0.25, -0.2) is 0 Å². The Morgan fingerprint density at radius 2 is 0.861 bits per heavy atom. The standard InChI is InChI=1S/C32H56N2Si2/c1-31(2,3)33-35(7,8)29-21-23(25-15-11-13-17-27(25)29)19-20-24-22-30(28-18-14-12-16-26(24)28)36(9,10)34-32(4,5)6/h11-18,23-30,33-34H,19-22H2,1-10H3. The lowest BCUT2D eigenvalue weighted by molar-refractivity contribution is 0.316. The normalized spacial score (nSPS) is 36.4. The molecule has 0 aromatic heterocycles. The molecule has 0 aromatic carbocycles. The minimum atomic E-state index is -1.56. The molecule has 0 heterocycles. The van der Waals surface area contributed by atoms with E-state index in [-0.39, 0.29) is 11.1 Å². The first kappa shape index (κ1) is 28.3. The number of nitrogens with one attached hydrogen (secondary N) is 2. The summed E-state index contributed by atoms with van der Waals surface area (Å²) in [5.74, 6) is 4.65. The van der Waals surface area contributed by atoms with Gasteiger partial charge >= 0.3 is 0 Å². The molecule has 0 radical (unpaired) electrons. The Hall–Kier alpha value is -0.686. The molecular formula is C32H56N2Si2. The van der Waals surface area contributed by atoms with E-state index in [2.05, 4.69) is 126 Å². The van der Waals surface area contributed by atoms with E-state index in [4.69, 9.17) is 0 Å². The Balaban J connectivity index is 1.47. The summed E-state index contributed by atoms with van der Waals surface area (Å²) >= 11 is 0. The first-order chi connectivity index (χ1) is 16.6. The smallest absolute Gasteiger partial charge is 0.123 e. The zero-order valence-corrected chi connectivity index (χ0v) is 27.1. The van der Waals surface area contributed by atoms with Gasteiger partial charge in [0.25, 0.3) is 0 Å². The third-order valence-electron chi connectivity index (χ3n) is 9.73. The fourth-order valence-electron chi connectivity index (χ4n) is 9.03. The zero-order chi connectivity index (χ0) is 26.5. The highest BCUT2D eigenvalue weighted by atomic mass is 28.3. The molecule has 0 spiro atoms. The van der Waals surface area contributed by atoms with Crippen molar-refractivity contribution in [3.63, 3.8) is 0 Å². The lowest BCUT2D eigenvalue weighted by Gasteiger charge is -2.40. The molecule has 4 aliphatic carbocycles. The molecule has 2 saturated carbocycles. The summed E-state index contributed by atoms with van der Waals surface area (Å²) in [5, 5.41) is 0. The van der Waals surface area contributed by atoms with Gasteiger partial charge < -0.3 is 9.96 Å². The van der Waals surface area contributed by atoms with Crippen LogP contribution in [0.25, 0.3) is 0 Å². The lowest BCUT2D eigenvalue weighted by atomic mass is 9.79. The second-order valence-electron chi connectivity index (χ2n) is 15.8. The van der Waals surface area contributed by atoms with E-state index in [1.54, 1.807) is 0 Å². The summed E-state index contributed by atoms with van der Waals surface area (Å²) in [5.41, 5.74) is 2.06. The topological polar surface area (TPSA) is 24.1 Å². The molecule has 0 aromatic rings. The minimum absolute atomic E-state index is 0.198. The lowest BCUT2D eigenvalue weighted by Crippen LogP contribution is -2.57. The summed E-state index contributed by atoms with van der Waals surface area (Å²) in [6.45, 7) is 24.5. The van der Waals surface area contributed by atoms with Crippen molar-refractivity contribution < 1.29 is 0 Å². The molecular weight excluding hydrogens is 469 g/mol. The van der Waals surface area contributed by atoms with Crippen molar-refractivity contribution in [3.8, 4) is 0 Å². The largest absolute Gasteiger partial charge is 0.332 e. The Morgan fingerprint density at radius 1 is 0.556 bits per heavy atom. The molecule has 2 nitrogen and oxygen atoms in total. The monoisotopic (exact) mass is 524 g/mol. The summed E-state index contributed by atoms with van der Waals surface area (Å²) in [7, 11) is -3.12. The molecule has 0 aliphatic heterocycles. The number of hydrogen-bond donors (Lipinski definition) is 2. The molecule has 8 unspecified atom stereocenters. The van der Waals surface area contributed by atoms with Gasteiger partial charge in [0.05, 0.1) is 0 Å². The number of rotatable bonds is 7. The highest BCUT2D eigenvalue weighted by Crippen LogP contribution is 2.57. The average molecular weight is 525 g/mol. The van der Waals surface area contributed by atoms with Crippen LogP contribution in [0.1, 0.15) is 67.2 Å². The molecule has 0 saturated heterocycles. The Morgan fingerprint density at radius 3 is 1.17 bits per heavy atom. The molecule has 4 rings (SSSR count). The fourth-order valence-corrected chi connectivity index (χ4v) is 17.6. The van der Waals surface area contributed by atoms with Gasteiger partial charge in [0, 0.05) is 11.1 Å². The fraction of sp³-hybridized carbons (Fsp3) is 0.750. The van der Waals surface area contributed by atoms with E-state index in [9.17, 15) is 0 Å². The van der Waals surface area contributed by atoms with Gasteiger partial charge in [-0.2, -0.15) is 0 Å². The maximum absolute atomic E-state index is 4.13. The van der Waals surface area contributed by atoms with Gasteiger partial charge in [-0.05, 0) is 114 Å². The van der Waals surface area contributed by atoms with Crippen molar-refractivity contribution in [1.82, 2.24) is 9.96 Å². The van der Waals surface area contributed by atoms with Crippen LogP contribution in [0.2, 0.25) is 37.3 Å². The Bertz CT molecular complexity index is 824. The maximum atomic E-state index is 4.13. The summed E-state index contributed by atoms with van der Waals surface area (Å²) in [4.78, 5) is 8.26.